The Bertz CT molecular complexity index is 173. The summed E-state index contributed by atoms with van der Waals surface area (Å²) in [6.45, 7) is 0. The highest BCUT2D eigenvalue weighted by molar-refractivity contribution is 8.00. The monoisotopic (exact) mass is 130 g/mol. The van der Waals surface area contributed by atoms with Crippen molar-refractivity contribution < 1.29 is 4.21 Å². The first-order chi connectivity index (χ1) is 3.80. The van der Waals surface area contributed by atoms with Crippen LogP contribution < -0.4 is 0 Å². The highest BCUT2D eigenvalue weighted by Gasteiger charge is 2.04. The van der Waals surface area contributed by atoms with Crippen molar-refractivity contribution in [2.75, 3.05) is 6.26 Å². The predicted octanol–water partition coefficient (Wildman–Crippen LogP) is 0.153. The topological polar surface area (TPSA) is 41.8 Å². The molecule has 1 atom stereocenters. The van der Waals surface area contributed by atoms with E-state index in [1.807, 2.05) is 0 Å². The van der Waals surface area contributed by atoms with Gasteiger partial charge in [-0.05, 0) is 0 Å². The van der Waals surface area contributed by atoms with Gasteiger partial charge in [-0.15, -0.1) is 5.10 Å². The minimum absolute atomic E-state index is 0.656. The quantitative estimate of drug-likeness (QED) is 0.460. The molecular weight excluding hydrogens is 124 g/mol. The Labute approximate surface area is 50.0 Å². The predicted molar refractivity (Wildman–Crippen MR) is 34.6 cm³/mol. The molecule has 8 heavy (non-hydrogen) atoms. The Morgan fingerprint density at radius 2 is 2.62 bits per heavy atom. The second kappa shape index (κ2) is 2.17. The highest BCUT2D eigenvalue weighted by atomic mass is 32.2. The van der Waals surface area contributed by atoms with E-state index in [9.17, 15) is 4.21 Å². The van der Waals surface area contributed by atoms with E-state index < -0.39 is 10.8 Å². The minimum Gasteiger partial charge on any atom is -0.253 e. The molecule has 0 fully saturated rings. The fourth-order valence-corrected chi connectivity index (χ4v) is 0.911. The van der Waals surface area contributed by atoms with Gasteiger partial charge < -0.3 is 0 Å². The molecule has 0 aliphatic carbocycles. The van der Waals surface area contributed by atoms with E-state index in [1.54, 1.807) is 12.5 Å². The molecule has 0 aromatic rings. The van der Waals surface area contributed by atoms with Gasteiger partial charge in [0.25, 0.3) is 0 Å². The zero-order chi connectivity index (χ0) is 5.98. The summed E-state index contributed by atoms with van der Waals surface area (Å²) in [4.78, 5) is 0. The normalized spacial score (nSPS) is 20.9. The van der Waals surface area contributed by atoms with Gasteiger partial charge in [-0.1, -0.05) is 0 Å². The zero-order valence-corrected chi connectivity index (χ0v) is 5.31. The van der Waals surface area contributed by atoms with Gasteiger partial charge in [-0.25, -0.2) is 0 Å². The van der Waals surface area contributed by atoms with Gasteiger partial charge in [0.2, 0.25) is 0 Å². The van der Waals surface area contributed by atoms with Crippen LogP contribution in [0.5, 0.6) is 0 Å². The third kappa shape index (κ3) is 1.01. The molecule has 0 amide bonds. The fraction of sp³-hybridized carbons (Fsp3) is 0.500. The summed E-state index contributed by atoms with van der Waals surface area (Å²) in [6.07, 6.45) is 3.91. The van der Waals surface area contributed by atoms with E-state index in [1.165, 1.54) is 0 Å². The van der Waals surface area contributed by atoms with Crippen LogP contribution in [0.15, 0.2) is 10.2 Å². The number of nitrogens with zero attached hydrogens (tertiary/aromatic N) is 2. The Balaban J connectivity index is 2.64. The van der Waals surface area contributed by atoms with Crippen LogP contribution in [0.3, 0.4) is 0 Å². The van der Waals surface area contributed by atoms with Crippen LogP contribution in [0, 0.1) is 0 Å². The fourth-order valence-electron chi connectivity index (χ4n) is 0.440. The van der Waals surface area contributed by atoms with E-state index in [0.717, 1.165) is 0 Å². The summed E-state index contributed by atoms with van der Waals surface area (Å²) in [5.74, 6) is 0. The van der Waals surface area contributed by atoms with Crippen LogP contribution in [0.4, 0.5) is 0 Å². The third-order valence-corrected chi connectivity index (χ3v) is 1.76. The molecule has 0 bridgehead atoms. The molecule has 1 aliphatic heterocycles. The van der Waals surface area contributed by atoms with Gasteiger partial charge in [0.15, 0.2) is 0 Å². The maximum atomic E-state index is 10.5. The summed E-state index contributed by atoms with van der Waals surface area (Å²) in [7, 11) is -0.916. The average molecular weight is 130 g/mol. The van der Waals surface area contributed by atoms with Gasteiger partial charge >= 0.3 is 0 Å². The number of hydrogen-bond acceptors (Lipinski definition) is 3. The lowest BCUT2D eigenvalue weighted by molar-refractivity contribution is 0.693. The molecular formula is C4H6N2OS. The lowest BCUT2D eigenvalue weighted by atomic mass is 10.5. The SMILES string of the molecule is CS(=O)C1=NN=CC1. The maximum Gasteiger partial charge on any atom is 0.132 e. The van der Waals surface area contributed by atoms with Gasteiger partial charge in [-0.2, -0.15) is 5.10 Å². The number of hydrogen-bond donors (Lipinski definition) is 0. The standard InChI is InChI=1S/C4H6N2OS/c1-8(7)4-2-3-5-6-4/h3H,2H2,1H3. The molecule has 0 aromatic heterocycles. The summed E-state index contributed by atoms with van der Waals surface area (Å²) in [5.41, 5.74) is 0. The van der Waals surface area contributed by atoms with Crippen molar-refractivity contribution in [2.45, 2.75) is 6.42 Å². The lowest BCUT2D eigenvalue weighted by Gasteiger charge is -1.85. The van der Waals surface area contributed by atoms with Crippen molar-refractivity contribution in [1.82, 2.24) is 0 Å². The molecule has 0 spiro atoms. The lowest BCUT2D eigenvalue weighted by Crippen LogP contribution is -2.01. The Morgan fingerprint density at radius 1 is 1.88 bits per heavy atom. The van der Waals surface area contributed by atoms with Crippen molar-refractivity contribution >= 4 is 22.1 Å². The Hall–Kier alpha value is -0.510. The van der Waals surface area contributed by atoms with Crippen molar-refractivity contribution in [3.05, 3.63) is 0 Å². The molecule has 1 unspecified atom stereocenters. The van der Waals surface area contributed by atoms with Gasteiger partial charge in [0.1, 0.15) is 5.04 Å². The van der Waals surface area contributed by atoms with E-state index in [2.05, 4.69) is 10.2 Å². The Morgan fingerprint density at radius 3 is 2.88 bits per heavy atom. The molecule has 1 rings (SSSR count). The molecule has 0 saturated heterocycles. The molecule has 0 saturated carbocycles. The molecule has 0 aromatic carbocycles. The van der Waals surface area contributed by atoms with E-state index >= 15 is 0 Å². The Kier molecular flexibility index (Phi) is 1.53. The zero-order valence-electron chi connectivity index (χ0n) is 4.50. The number of rotatable bonds is 0. The van der Waals surface area contributed by atoms with Crippen LogP contribution in [-0.2, 0) is 10.8 Å². The minimum atomic E-state index is -0.916. The molecule has 3 nitrogen and oxygen atoms in total. The van der Waals surface area contributed by atoms with Crippen LogP contribution >= 0.6 is 0 Å². The van der Waals surface area contributed by atoms with Gasteiger partial charge in [0.05, 0.1) is 10.8 Å². The smallest absolute Gasteiger partial charge is 0.132 e. The first-order valence-corrected chi connectivity index (χ1v) is 3.78. The summed E-state index contributed by atoms with van der Waals surface area (Å²) in [6, 6.07) is 0. The molecule has 4 heteroatoms. The molecule has 0 N–H and O–H groups in total. The first-order valence-electron chi connectivity index (χ1n) is 2.22. The van der Waals surface area contributed by atoms with Crippen molar-refractivity contribution in [3.8, 4) is 0 Å². The molecule has 1 aliphatic rings. The van der Waals surface area contributed by atoms with E-state index in [4.69, 9.17) is 0 Å². The van der Waals surface area contributed by atoms with Crippen LogP contribution in [-0.4, -0.2) is 21.7 Å². The van der Waals surface area contributed by atoms with Gasteiger partial charge in [-0.3, -0.25) is 4.21 Å². The molecule has 1 heterocycles. The second-order valence-electron chi connectivity index (χ2n) is 1.45. The second-order valence-corrected chi connectivity index (χ2v) is 2.83. The van der Waals surface area contributed by atoms with Crippen LogP contribution in [0.1, 0.15) is 6.42 Å². The van der Waals surface area contributed by atoms with E-state index in [-0.39, 0.29) is 0 Å². The van der Waals surface area contributed by atoms with Crippen LogP contribution in [0.25, 0.3) is 0 Å². The maximum absolute atomic E-state index is 10.5. The summed E-state index contributed by atoms with van der Waals surface area (Å²) in [5, 5.41) is 7.85. The van der Waals surface area contributed by atoms with E-state index in [0.29, 0.717) is 11.5 Å². The van der Waals surface area contributed by atoms with Crippen molar-refractivity contribution in [2.24, 2.45) is 10.2 Å². The summed E-state index contributed by atoms with van der Waals surface area (Å²) < 4.78 is 10.5. The highest BCUT2D eigenvalue weighted by Crippen LogP contribution is 1.96. The third-order valence-electron chi connectivity index (χ3n) is 0.849. The van der Waals surface area contributed by atoms with Crippen molar-refractivity contribution in [3.63, 3.8) is 0 Å². The molecule has 0 radical (unpaired) electrons. The summed E-state index contributed by atoms with van der Waals surface area (Å²) >= 11 is 0. The van der Waals surface area contributed by atoms with Crippen molar-refractivity contribution in [1.29, 1.82) is 0 Å². The first kappa shape index (κ1) is 5.62. The van der Waals surface area contributed by atoms with Crippen LogP contribution in [0.2, 0.25) is 0 Å². The average Bonchev–Trinajstić information content (AvgIpc) is 2.12. The van der Waals surface area contributed by atoms with Gasteiger partial charge in [0, 0.05) is 18.9 Å². The largest absolute Gasteiger partial charge is 0.253 e. The molecule has 44 valence electrons.